The zero-order chi connectivity index (χ0) is 22.1. The molecule has 0 saturated carbocycles. The van der Waals surface area contributed by atoms with Crippen molar-refractivity contribution in [2.75, 3.05) is 38.0 Å². The standard InChI is InChI=1S/C20H26N4O5S/c1-15(25)22-16-10-12-18(13-11-16)30(26,27)23-20(21-14-19(28-3)29-4)24(2)17-8-6-5-7-9-17/h5-13,19H,14H2,1-4H3,(H,21,23)(H,22,25). The minimum atomic E-state index is -3.94. The molecule has 0 saturated heterocycles. The average molecular weight is 435 g/mol. The molecule has 9 nitrogen and oxygen atoms in total. The molecular formula is C20H26N4O5S. The van der Waals surface area contributed by atoms with Crippen LogP contribution in [-0.4, -0.2) is 54.4 Å². The molecular weight excluding hydrogens is 408 g/mol. The summed E-state index contributed by atoms with van der Waals surface area (Å²) in [5.41, 5.74) is 1.24. The monoisotopic (exact) mass is 434 g/mol. The molecule has 10 heteroatoms. The maximum absolute atomic E-state index is 12.9. The third kappa shape index (κ3) is 6.55. The van der Waals surface area contributed by atoms with E-state index in [1.807, 2.05) is 30.3 Å². The third-order valence-electron chi connectivity index (χ3n) is 4.09. The molecule has 0 bridgehead atoms. The van der Waals surface area contributed by atoms with E-state index in [4.69, 9.17) is 9.47 Å². The summed E-state index contributed by atoms with van der Waals surface area (Å²) >= 11 is 0. The Morgan fingerprint density at radius 2 is 1.67 bits per heavy atom. The van der Waals surface area contributed by atoms with E-state index in [-0.39, 0.29) is 23.3 Å². The van der Waals surface area contributed by atoms with Crippen LogP contribution in [0.4, 0.5) is 11.4 Å². The highest BCUT2D eigenvalue weighted by Gasteiger charge is 2.20. The van der Waals surface area contributed by atoms with Crippen LogP contribution in [0.25, 0.3) is 0 Å². The van der Waals surface area contributed by atoms with E-state index in [0.29, 0.717) is 5.69 Å². The molecule has 0 aliphatic heterocycles. The molecule has 0 fully saturated rings. The van der Waals surface area contributed by atoms with Gasteiger partial charge in [-0.15, -0.1) is 0 Å². The maximum atomic E-state index is 12.9. The van der Waals surface area contributed by atoms with E-state index in [2.05, 4.69) is 15.0 Å². The van der Waals surface area contributed by atoms with Gasteiger partial charge in [0.1, 0.15) is 0 Å². The lowest BCUT2D eigenvalue weighted by molar-refractivity contribution is -0.114. The normalized spacial score (nSPS) is 12.0. The number of para-hydroxylation sites is 1. The van der Waals surface area contributed by atoms with Gasteiger partial charge in [0.25, 0.3) is 10.0 Å². The quantitative estimate of drug-likeness (QED) is 0.374. The fourth-order valence-corrected chi connectivity index (χ4v) is 3.54. The number of hydrogen-bond donors (Lipinski definition) is 2. The van der Waals surface area contributed by atoms with Crippen LogP contribution in [0.3, 0.4) is 0 Å². The number of methoxy groups -OCH3 is 2. The Morgan fingerprint density at radius 1 is 1.07 bits per heavy atom. The lowest BCUT2D eigenvalue weighted by Crippen LogP contribution is -2.43. The van der Waals surface area contributed by atoms with Gasteiger partial charge in [-0.25, -0.2) is 18.1 Å². The Kier molecular flexibility index (Phi) is 8.34. The Balaban J connectivity index is 2.31. The van der Waals surface area contributed by atoms with Crippen molar-refractivity contribution in [3.05, 3.63) is 54.6 Å². The SMILES string of the molecule is COC(CN=C(NS(=O)(=O)c1ccc(NC(C)=O)cc1)N(C)c1ccccc1)OC. The van der Waals surface area contributed by atoms with Crippen LogP contribution in [0.1, 0.15) is 6.92 Å². The van der Waals surface area contributed by atoms with Crippen LogP contribution in [0.15, 0.2) is 64.5 Å². The first-order chi connectivity index (χ1) is 14.3. The first-order valence-electron chi connectivity index (χ1n) is 9.06. The molecule has 2 aromatic rings. The van der Waals surface area contributed by atoms with Crippen LogP contribution in [0, 0.1) is 0 Å². The Hall–Kier alpha value is -2.95. The van der Waals surface area contributed by atoms with Crippen molar-refractivity contribution in [2.24, 2.45) is 4.99 Å². The summed E-state index contributed by atoms with van der Waals surface area (Å²) in [6.07, 6.45) is -0.620. The second kappa shape index (κ2) is 10.7. The van der Waals surface area contributed by atoms with Crippen LogP contribution >= 0.6 is 0 Å². The highest BCUT2D eigenvalue weighted by molar-refractivity contribution is 7.90. The highest BCUT2D eigenvalue weighted by atomic mass is 32.2. The summed E-state index contributed by atoms with van der Waals surface area (Å²) in [5.74, 6) is -0.139. The second-order valence-electron chi connectivity index (χ2n) is 6.27. The number of hydrogen-bond acceptors (Lipinski definition) is 6. The van der Waals surface area contributed by atoms with Crippen LogP contribution in [0.2, 0.25) is 0 Å². The maximum Gasteiger partial charge on any atom is 0.264 e. The smallest absolute Gasteiger partial charge is 0.264 e. The van der Waals surface area contributed by atoms with Gasteiger partial charge in [-0.1, -0.05) is 18.2 Å². The minimum Gasteiger partial charge on any atom is -0.354 e. The predicted octanol–water partition coefficient (Wildman–Crippen LogP) is 2.03. The number of carbonyl (C=O) groups excluding carboxylic acids is 1. The molecule has 0 aromatic heterocycles. The van der Waals surface area contributed by atoms with Crippen molar-refractivity contribution in [3.63, 3.8) is 0 Å². The van der Waals surface area contributed by atoms with Crippen molar-refractivity contribution in [2.45, 2.75) is 18.1 Å². The number of carbonyl (C=O) groups is 1. The Bertz CT molecular complexity index is 958. The Morgan fingerprint density at radius 3 is 2.20 bits per heavy atom. The molecule has 0 heterocycles. The van der Waals surface area contributed by atoms with E-state index >= 15 is 0 Å². The van der Waals surface area contributed by atoms with Crippen molar-refractivity contribution >= 4 is 33.3 Å². The molecule has 162 valence electrons. The molecule has 2 N–H and O–H groups in total. The van der Waals surface area contributed by atoms with Gasteiger partial charge in [-0.3, -0.25) is 4.79 Å². The van der Waals surface area contributed by atoms with E-state index in [9.17, 15) is 13.2 Å². The molecule has 0 aliphatic carbocycles. The topological polar surface area (TPSA) is 109 Å². The van der Waals surface area contributed by atoms with Crippen LogP contribution < -0.4 is 14.9 Å². The summed E-state index contributed by atoms with van der Waals surface area (Å²) in [4.78, 5) is 17.1. The third-order valence-corrected chi connectivity index (χ3v) is 5.43. The van der Waals surface area contributed by atoms with Gasteiger partial charge in [0.2, 0.25) is 11.9 Å². The minimum absolute atomic E-state index is 0.0285. The Labute approximate surface area is 176 Å². The fourth-order valence-electron chi connectivity index (χ4n) is 2.49. The van der Waals surface area contributed by atoms with Crippen molar-refractivity contribution in [1.82, 2.24) is 4.72 Å². The summed E-state index contributed by atoms with van der Waals surface area (Å²) in [7, 11) is 0.718. The average Bonchev–Trinajstić information content (AvgIpc) is 2.73. The number of nitrogens with zero attached hydrogens (tertiary/aromatic N) is 2. The largest absolute Gasteiger partial charge is 0.354 e. The van der Waals surface area contributed by atoms with Crippen LogP contribution in [-0.2, 0) is 24.3 Å². The van der Waals surface area contributed by atoms with Crippen molar-refractivity contribution < 1.29 is 22.7 Å². The number of sulfonamides is 1. The van der Waals surface area contributed by atoms with Gasteiger partial charge < -0.3 is 19.7 Å². The summed E-state index contributed by atoms with van der Waals surface area (Å²) < 4.78 is 38.6. The molecule has 0 radical (unpaired) electrons. The lowest BCUT2D eigenvalue weighted by Gasteiger charge is -2.23. The number of guanidine groups is 1. The van der Waals surface area contributed by atoms with Gasteiger partial charge in [0, 0.05) is 39.6 Å². The first-order valence-corrected chi connectivity index (χ1v) is 10.5. The second-order valence-corrected chi connectivity index (χ2v) is 7.95. The first kappa shape index (κ1) is 23.3. The number of rotatable bonds is 8. The van der Waals surface area contributed by atoms with E-state index in [0.717, 1.165) is 5.69 Å². The number of aliphatic imine (C=N–C) groups is 1. The van der Waals surface area contributed by atoms with Gasteiger partial charge in [0.05, 0.1) is 11.4 Å². The summed E-state index contributed by atoms with van der Waals surface area (Å²) in [6, 6.07) is 15.0. The molecule has 0 unspecified atom stereocenters. The summed E-state index contributed by atoms with van der Waals surface area (Å²) in [5, 5.41) is 2.60. The van der Waals surface area contributed by atoms with E-state index in [1.54, 1.807) is 11.9 Å². The van der Waals surface area contributed by atoms with Gasteiger partial charge in [0.15, 0.2) is 6.29 Å². The molecule has 30 heavy (non-hydrogen) atoms. The number of nitrogens with one attached hydrogen (secondary N) is 2. The predicted molar refractivity (Wildman–Crippen MR) is 116 cm³/mol. The van der Waals surface area contributed by atoms with Gasteiger partial charge in [-0.05, 0) is 36.4 Å². The number of benzene rings is 2. The van der Waals surface area contributed by atoms with Crippen LogP contribution in [0.5, 0.6) is 0 Å². The molecule has 0 aliphatic rings. The molecule has 0 spiro atoms. The van der Waals surface area contributed by atoms with E-state index < -0.39 is 16.3 Å². The van der Waals surface area contributed by atoms with Gasteiger partial charge in [-0.2, -0.15) is 0 Å². The molecule has 0 atom stereocenters. The number of amides is 1. The van der Waals surface area contributed by atoms with Crippen molar-refractivity contribution in [1.29, 1.82) is 0 Å². The fraction of sp³-hybridized carbons (Fsp3) is 0.300. The number of ether oxygens (including phenoxy) is 2. The molecule has 2 rings (SSSR count). The number of anilines is 2. The highest BCUT2D eigenvalue weighted by Crippen LogP contribution is 2.16. The van der Waals surface area contributed by atoms with Gasteiger partial charge >= 0.3 is 0 Å². The molecule has 1 amide bonds. The lowest BCUT2D eigenvalue weighted by atomic mass is 10.3. The molecule has 2 aromatic carbocycles. The zero-order valence-electron chi connectivity index (χ0n) is 17.3. The zero-order valence-corrected chi connectivity index (χ0v) is 18.1. The van der Waals surface area contributed by atoms with Crippen molar-refractivity contribution in [3.8, 4) is 0 Å². The summed E-state index contributed by atoms with van der Waals surface area (Å²) in [6.45, 7) is 1.46. The van der Waals surface area contributed by atoms with E-state index in [1.165, 1.54) is 45.4 Å².